The highest BCUT2D eigenvalue weighted by Gasteiger charge is 2.07. The Balaban J connectivity index is 2.54. The highest BCUT2D eigenvalue weighted by atomic mass is 31.2. The second-order valence-electron chi connectivity index (χ2n) is 3.14. The number of hydrogen-bond donors (Lipinski definition) is 2. The van der Waals surface area contributed by atoms with E-state index in [9.17, 15) is 4.89 Å². The van der Waals surface area contributed by atoms with E-state index in [0.717, 1.165) is 0 Å². The van der Waals surface area contributed by atoms with Gasteiger partial charge in [0.05, 0.1) is 0 Å². The van der Waals surface area contributed by atoms with Crippen LogP contribution in [-0.2, 0) is 0 Å². The molecular weight excluding hydrogens is 233 g/mol. The Labute approximate surface area is 103 Å². The molecule has 17 heavy (non-hydrogen) atoms. The van der Waals surface area contributed by atoms with Gasteiger partial charge in [-0.15, -0.1) is 0 Å². The van der Waals surface area contributed by atoms with E-state index < -0.39 is 8.53 Å². The smallest absolute Gasteiger partial charge is 0.347 e. The third-order valence-corrected chi connectivity index (χ3v) is 2.68. The maximum Gasteiger partial charge on any atom is 0.347 e. The Kier molecular flexibility index (Phi) is 6.08. The van der Waals surface area contributed by atoms with Gasteiger partial charge in [0.15, 0.2) is 0 Å². The summed E-state index contributed by atoms with van der Waals surface area (Å²) >= 11 is 0. The van der Waals surface area contributed by atoms with Gasteiger partial charge in [0.1, 0.15) is 5.75 Å². The second-order valence-corrected chi connectivity index (χ2v) is 4.09. The molecule has 0 radical (unpaired) electrons. The van der Waals surface area contributed by atoms with E-state index in [1.165, 1.54) is 0 Å². The van der Waals surface area contributed by atoms with E-state index in [1.54, 1.807) is 18.2 Å². The maximum atomic E-state index is 9.72. The molecule has 0 saturated heterocycles. The average molecular weight is 249 g/mol. The number of allylic oxidation sites excluding steroid dienone is 4. The molecule has 0 fully saturated rings. The zero-order chi connectivity index (χ0) is 12.5. The van der Waals surface area contributed by atoms with Crippen molar-refractivity contribution in [3.63, 3.8) is 0 Å². The maximum absolute atomic E-state index is 9.72. The van der Waals surface area contributed by atoms with Crippen molar-refractivity contribution in [1.82, 2.24) is 5.09 Å². The van der Waals surface area contributed by atoms with Crippen molar-refractivity contribution >= 4 is 8.53 Å². The Morgan fingerprint density at radius 1 is 1.41 bits per heavy atom. The third-order valence-electron chi connectivity index (χ3n) is 1.85. The normalized spacial score (nSPS) is 13.4. The summed E-state index contributed by atoms with van der Waals surface area (Å²) in [6, 6.07) is 9.17. The highest BCUT2D eigenvalue weighted by Crippen LogP contribution is 2.30. The van der Waals surface area contributed by atoms with Crippen molar-refractivity contribution in [1.29, 1.82) is 0 Å². The molecule has 3 nitrogen and oxygen atoms in total. The lowest BCUT2D eigenvalue weighted by atomic mass is 10.3. The Morgan fingerprint density at radius 3 is 2.71 bits per heavy atom. The van der Waals surface area contributed by atoms with Crippen LogP contribution in [-0.4, -0.2) is 4.89 Å². The van der Waals surface area contributed by atoms with Crippen LogP contribution in [0.4, 0.5) is 0 Å². The van der Waals surface area contributed by atoms with Crippen molar-refractivity contribution in [3.05, 3.63) is 66.9 Å². The van der Waals surface area contributed by atoms with Gasteiger partial charge in [-0.25, -0.2) is 0 Å². The van der Waals surface area contributed by atoms with Gasteiger partial charge in [-0.05, 0) is 31.2 Å². The minimum absolute atomic E-state index is 0.628. The van der Waals surface area contributed by atoms with E-state index in [2.05, 4.69) is 11.7 Å². The number of rotatable bonds is 6. The van der Waals surface area contributed by atoms with Crippen LogP contribution >= 0.6 is 8.53 Å². The van der Waals surface area contributed by atoms with Crippen molar-refractivity contribution < 1.29 is 9.42 Å². The molecule has 2 N–H and O–H groups in total. The predicted octanol–water partition coefficient (Wildman–Crippen LogP) is 3.52. The molecule has 0 saturated carbocycles. The van der Waals surface area contributed by atoms with E-state index in [1.807, 2.05) is 43.4 Å². The largest absolute Gasteiger partial charge is 0.432 e. The summed E-state index contributed by atoms with van der Waals surface area (Å²) < 4.78 is 5.32. The van der Waals surface area contributed by atoms with Crippen LogP contribution in [0.1, 0.15) is 6.92 Å². The van der Waals surface area contributed by atoms with Gasteiger partial charge in [-0.1, -0.05) is 36.9 Å². The van der Waals surface area contributed by atoms with Crippen LogP contribution in [0.3, 0.4) is 0 Å². The molecule has 1 rings (SSSR count). The van der Waals surface area contributed by atoms with Gasteiger partial charge in [-0.3, -0.25) is 0 Å². The molecule has 0 bridgehead atoms. The minimum Gasteiger partial charge on any atom is -0.432 e. The first-order chi connectivity index (χ1) is 8.26. The van der Waals surface area contributed by atoms with E-state index in [0.29, 0.717) is 11.4 Å². The number of hydrogen-bond acceptors (Lipinski definition) is 3. The molecular formula is C13H16NO2P. The van der Waals surface area contributed by atoms with Crippen LogP contribution in [0.2, 0.25) is 0 Å². The van der Waals surface area contributed by atoms with Crippen molar-refractivity contribution in [2.75, 3.05) is 0 Å². The molecule has 0 spiro atoms. The van der Waals surface area contributed by atoms with Gasteiger partial charge in [0.2, 0.25) is 0 Å². The Morgan fingerprint density at radius 2 is 2.12 bits per heavy atom. The first-order valence-electron chi connectivity index (χ1n) is 5.20. The molecule has 0 aliphatic rings. The number of para-hydroxylation sites is 1. The summed E-state index contributed by atoms with van der Waals surface area (Å²) in [6.45, 7) is 5.57. The summed E-state index contributed by atoms with van der Waals surface area (Å²) in [5.41, 5.74) is 0.715. The SMILES string of the molecule is C=C/C(=C\C=C/C)NP(O)Oc1ccccc1. The molecule has 1 aromatic rings. The molecule has 0 amide bonds. The lowest BCUT2D eigenvalue weighted by Crippen LogP contribution is -2.07. The summed E-state index contributed by atoms with van der Waals surface area (Å²) in [6.07, 6.45) is 7.19. The lowest BCUT2D eigenvalue weighted by Gasteiger charge is -2.13. The van der Waals surface area contributed by atoms with Gasteiger partial charge in [0, 0.05) is 5.70 Å². The Bertz CT molecular complexity index is 401. The average Bonchev–Trinajstić information content (AvgIpc) is 2.35. The second kappa shape index (κ2) is 7.66. The molecule has 0 heterocycles. The number of nitrogens with one attached hydrogen (secondary N) is 1. The van der Waals surface area contributed by atoms with Gasteiger partial charge in [0.25, 0.3) is 0 Å². The lowest BCUT2D eigenvalue weighted by molar-refractivity contribution is 0.477. The van der Waals surface area contributed by atoms with Crippen molar-refractivity contribution in [2.45, 2.75) is 6.92 Å². The molecule has 0 aliphatic heterocycles. The molecule has 4 heteroatoms. The van der Waals surface area contributed by atoms with Gasteiger partial charge >= 0.3 is 8.53 Å². The van der Waals surface area contributed by atoms with Crippen LogP contribution in [0.25, 0.3) is 0 Å². The first kappa shape index (κ1) is 13.5. The summed E-state index contributed by atoms with van der Waals surface area (Å²) in [5.74, 6) is 0.628. The van der Waals surface area contributed by atoms with E-state index >= 15 is 0 Å². The van der Waals surface area contributed by atoms with Crippen LogP contribution in [0.5, 0.6) is 5.75 Å². The summed E-state index contributed by atoms with van der Waals surface area (Å²) in [5, 5.41) is 2.84. The summed E-state index contributed by atoms with van der Waals surface area (Å²) in [4.78, 5) is 9.72. The zero-order valence-corrected chi connectivity index (χ0v) is 10.6. The van der Waals surface area contributed by atoms with E-state index in [4.69, 9.17) is 4.52 Å². The predicted molar refractivity (Wildman–Crippen MR) is 72.4 cm³/mol. The Hall–Kier alpha value is -1.57. The summed E-state index contributed by atoms with van der Waals surface area (Å²) in [7, 11) is -1.74. The van der Waals surface area contributed by atoms with Crippen molar-refractivity contribution in [2.24, 2.45) is 0 Å². The fraction of sp³-hybridized carbons (Fsp3) is 0.0769. The highest BCUT2D eigenvalue weighted by molar-refractivity contribution is 7.44. The third kappa shape index (κ3) is 5.34. The first-order valence-corrected chi connectivity index (χ1v) is 6.41. The topological polar surface area (TPSA) is 41.5 Å². The standard InChI is InChI=1S/C13H16NO2P/c1-3-5-9-12(4-2)14-17(15)16-13-10-7-6-8-11-13/h3-11,14-15H,2H2,1H3/b5-3-,12-9+. The molecule has 1 unspecified atom stereocenters. The monoisotopic (exact) mass is 249 g/mol. The minimum atomic E-state index is -1.74. The fourth-order valence-electron chi connectivity index (χ4n) is 1.07. The van der Waals surface area contributed by atoms with Crippen LogP contribution in [0.15, 0.2) is 66.9 Å². The van der Waals surface area contributed by atoms with Crippen LogP contribution in [0, 0.1) is 0 Å². The van der Waals surface area contributed by atoms with Gasteiger partial charge < -0.3 is 14.5 Å². The molecule has 90 valence electrons. The quantitative estimate of drug-likeness (QED) is 0.598. The molecule has 1 atom stereocenters. The van der Waals surface area contributed by atoms with E-state index in [-0.39, 0.29) is 0 Å². The molecule has 0 aliphatic carbocycles. The zero-order valence-electron chi connectivity index (χ0n) is 9.71. The van der Waals surface area contributed by atoms with Crippen molar-refractivity contribution in [3.8, 4) is 5.75 Å². The van der Waals surface area contributed by atoms with Gasteiger partial charge in [-0.2, -0.15) is 0 Å². The fourth-order valence-corrected chi connectivity index (χ4v) is 1.82. The van der Waals surface area contributed by atoms with Crippen LogP contribution < -0.4 is 9.61 Å². The molecule has 0 aromatic heterocycles. The number of benzene rings is 1. The molecule has 1 aromatic carbocycles.